The number of hydrogen-bond donors (Lipinski definition) is 1. The SMILES string of the molecule is CCS(=O)(=O)N[C@H]1CN(Cc2noc(COC)n2)C[C@@H]1C1CC1. The zero-order valence-electron chi connectivity index (χ0n) is 13.6. The predicted octanol–water partition coefficient (Wildman–Crippen LogP) is 0.366. The summed E-state index contributed by atoms with van der Waals surface area (Å²) < 4.78 is 36.7. The Labute approximate surface area is 136 Å². The van der Waals surface area contributed by atoms with Crippen molar-refractivity contribution in [3.63, 3.8) is 0 Å². The molecule has 9 heteroatoms. The molecule has 0 bridgehead atoms. The van der Waals surface area contributed by atoms with Crippen molar-refractivity contribution in [3.8, 4) is 0 Å². The number of aromatic nitrogens is 2. The molecule has 1 aromatic rings. The van der Waals surface area contributed by atoms with Crippen molar-refractivity contribution >= 4 is 10.0 Å². The predicted molar refractivity (Wildman–Crippen MR) is 82.9 cm³/mol. The van der Waals surface area contributed by atoms with E-state index in [0.717, 1.165) is 6.54 Å². The number of likely N-dealkylation sites (tertiary alicyclic amines) is 1. The first kappa shape index (κ1) is 16.8. The van der Waals surface area contributed by atoms with E-state index in [4.69, 9.17) is 9.26 Å². The first-order valence-electron chi connectivity index (χ1n) is 8.03. The molecule has 2 heterocycles. The molecular formula is C14H24N4O4S. The molecule has 0 aromatic carbocycles. The van der Waals surface area contributed by atoms with E-state index >= 15 is 0 Å². The molecule has 1 N–H and O–H groups in total. The molecule has 8 nitrogen and oxygen atoms in total. The number of nitrogens with one attached hydrogen (secondary N) is 1. The minimum Gasteiger partial charge on any atom is -0.375 e. The smallest absolute Gasteiger partial charge is 0.252 e. The van der Waals surface area contributed by atoms with Gasteiger partial charge in [0.15, 0.2) is 5.82 Å². The summed E-state index contributed by atoms with van der Waals surface area (Å²) in [5.74, 6) is 2.21. The van der Waals surface area contributed by atoms with E-state index in [0.29, 0.717) is 43.2 Å². The lowest BCUT2D eigenvalue weighted by molar-refractivity contribution is 0.151. The van der Waals surface area contributed by atoms with E-state index < -0.39 is 10.0 Å². The normalized spacial score (nSPS) is 26.0. The van der Waals surface area contributed by atoms with E-state index in [2.05, 4.69) is 19.8 Å². The fraction of sp³-hybridized carbons (Fsp3) is 0.857. The topological polar surface area (TPSA) is 97.6 Å². The molecule has 1 aromatic heterocycles. The maximum atomic E-state index is 11.9. The van der Waals surface area contributed by atoms with Crippen LogP contribution >= 0.6 is 0 Å². The van der Waals surface area contributed by atoms with Gasteiger partial charge in [0.25, 0.3) is 5.89 Å². The summed E-state index contributed by atoms with van der Waals surface area (Å²) in [5, 5.41) is 3.95. The Morgan fingerprint density at radius 3 is 2.83 bits per heavy atom. The lowest BCUT2D eigenvalue weighted by Crippen LogP contribution is -2.41. The molecule has 3 rings (SSSR count). The number of hydrogen-bond acceptors (Lipinski definition) is 7. The Hall–Kier alpha value is -1.03. The van der Waals surface area contributed by atoms with Crippen LogP contribution in [-0.4, -0.2) is 55.5 Å². The summed E-state index contributed by atoms with van der Waals surface area (Å²) in [6.45, 7) is 4.10. The molecule has 0 radical (unpaired) electrons. The van der Waals surface area contributed by atoms with Gasteiger partial charge in [-0.15, -0.1) is 0 Å². The quantitative estimate of drug-likeness (QED) is 0.727. The van der Waals surface area contributed by atoms with Gasteiger partial charge in [-0.2, -0.15) is 4.98 Å². The third-order valence-corrected chi connectivity index (χ3v) is 5.94. The van der Waals surface area contributed by atoms with Crippen LogP contribution in [-0.2, 0) is 27.9 Å². The van der Waals surface area contributed by atoms with E-state index in [1.807, 2.05) is 0 Å². The Bertz CT molecular complexity index is 628. The number of sulfonamides is 1. The number of rotatable bonds is 8. The van der Waals surface area contributed by atoms with Gasteiger partial charge in [0.1, 0.15) is 6.61 Å². The van der Waals surface area contributed by atoms with Crippen LogP contribution in [0, 0.1) is 11.8 Å². The van der Waals surface area contributed by atoms with Crippen LogP contribution in [0.5, 0.6) is 0 Å². The Kier molecular flexibility index (Phi) is 5.00. The molecule has 130 valence electrons. The van der Waals surface area contributed by atoms with Gasteiger partial charge in [0, 0.05) is 26.2 Å². The molecule has 2 atom stereocenters. The Balaban J connectivity index is 1.62. The Morgan fingerprint density at radius 2 is 2.17 bits per heavy atom. The van der Waals surface area contributed by atoms with Gasteiger partial charge < -0.3 is 9.26 Å². The molecule has 1 saturated heterocycles. The summed E-state index contributed by atoms with van der Waals surface area (Å²) in [4.78, 5) is 6.48. The van der Waals surface area contributed by atoms with E-state index in [1.165, 1.54) is 12.8 Å². The molecule has 0 amide bonds. The van der Waals surface area contributed by atoms with Crippen LogP contribution < -0.4 is 4.72 Å². The molecule has 1 saturated carbocycles. The lowest BCUT2D eigenvalue weighted by Gasteiger charge is -2.18. The molecule has 1 aliphatic carbocycles. The average molecular weight is 344 g/mol. The van der Waals surface area contributed by atoms with Gasteiger partial charge in [-0.1, -0.05) is 5.16 Å². The van der Waals surface area contributed by atoms with Crippen molar-refractivity contribution in [2.75, 3.05) is 26.0 Å². The molecule has 1 aliphatic heterocycles. The van der Waals surface area contributed by atoms with Crippen LogP contribution in [0.1, 0.15) is 31.5 Å². The summed E-state index contributed by atoms with van der Waals surface area (Å²) in [7, 11) is -1.61. The van der Waals surface area contributed by atoms with Crippen LogP contribution in [0.3, 0.4) is 0 Å². The summed E-state index contributed by atoms with van der Waals surface area (Å²) in [6.07, 6.45) is 2.39. The highest BCUT2D eigenvalue weighted by molar-refractivity contribution is 7.89. The first-order chi connectivity index (χ1) is 11.0. The molecule has 0 unspecified atom stereocenters. The second-order valence-electron chi connectivity index (χ2n) is 6.36. The van der Waals surface area contributed by atoms with Gasteiger partial charge in [-0.25, -0.2) is 13.1 Å². The average Bonchev–Trinajstić information content (AvgIpc) is 3.15. The Morgan fingerprint density at radius 1 is 1.39 bits per heavy atom. The van der Waals surface area contributed by atoms with Crippen LogP contribution in [0.15, 0.2) is 4.52 Å². The van der Waals surface area contributed by atoms with Crippen molar-refractivity contribution in [2.45, 2.75) is 39.0 Å². The highest BCUT2D eigenvalue weighted by Gasteiger charge is 2.43. The summed E-state index contributed by atoms with van der Waals surface area (Å²) >= 11 is 0. The standard InChI is InChI=1S/C14H24N4O4S/c1-3-23(19,20)17-12-7-18(6-11(12)10-4-5-10)8-13-15-14(9-21-2)22-16-13/h10-12,17H,3-9H2,1-2H3/t11-,12+/m1/s1. The molecule has 23 heavy (non-hydrogen) atoms. The van der Waals surface area contributed by atoms with Gasteiger partial charge >= 0.3 is 0 Å². The van der Waals surface area contributed by atoms with Gasteiger partial charge in [-0.05, 0) is 31.6 Å². The van der Waals surface area contributed by atoms with E-state index in [9.17, 15) is 8.42 Å². The molecule has 0 spiro atoms. The zero-order chi connectivity index (χ0) is 16.4. The van der Waals surface area contributed by atoms with Crippen LogP contribution in [0.4, 0.5) is 0 Å². The summed E-state index contributed by atoms with van der Waals surface area (Å²) in [5.41, 5.74) is 0. The number of ether oxygens (including phenoxy) is 1. The highest BCUT2D eigenvalue weighted by Crippen LogP contribution is 2.41. The lowest BCUT2D eigenvalue weighted by atomic mass is 9.99. The molecule has 2 aliphatic rings. The van der Waals surface area contributed by atoms with Crippen molar-refractivity contribution in [2.24, 2.45) is 11.8 Å². The fourth-order valence-corrected chi connectivity index (χ4v) is 4.10. The maximum absolute atomic E-state index is 11.9. The van der Waals surface area contributed by atoms with Crippen LogP contribution in [0.25, 0.3) is 0 Å². The van der Waals surface area contributed by atoms with E-state index in [1.54, 1.807) is 14.0 Å². The third-order valence-electron chi connectivity index (χ3n) is 4.52. The van der Waals surface area contributed by atoms with Gasteiger partial charge in [-0.3, -0.25) is 4.90 Å². The van der Waals surface area contributed by atoms with Gasteiger partial charge in [0.05, 0.1) is 12.3 Å². The van der Waals surface area contributed by atoms with E-state index in [-0.39, 0.29) is 11.8 Å². The molecule has 2 fully saturated rings. The van der Waals surface area contributed by atoms with Crippen molar-refractivity contribution in [1.82, 2.24) is 19.8 Å². The second-order valence-corrected chi connectivity index (χ2v) is 8.40. The monoisotopic (exact) mass is 344 g/mol. The fourth-order valence-electron chi connectivity index (χ4n) is 3.22. The maximum Gasteiger partial charge on any atom is 0.252 e. The third kappa shape index (κ3) is 4.28. The zero-order valence-corrected chi connectivity index (χ0v) is 14.4. The number of methoxy groups -OCH3 is 1. The van der Waals surface area contributed by atoms with Crippen molar-refractivity contribution < 1.29 is 17.7 Å². The minimum absolute atomic E-state index is 0.0159. The second kappa shape index (κ2) is 6.84. The first-order valence-corrected chi connectivity index (χ1v) is 9.68. The van der Waals surface area contributed by atoms with Crippen molar-refractivity contribution in [1.29, 1.82) is 0 Å². The molecular weight excluding hydrogens is 320 g/mol. The minimum atomic E-state index is -3.18. The van der Waals surface area contributed by atoms with Crippen LogP contribution in [0.2, 0.25) is 0 Å². The largest absolute Gasteiger partial charge is 0.375 e. The highest BCUT2D eigenvalue weighted by atomic mass is 32.2. The summed E-state index contributed by atoms with van der Waals surface area (Å²) in [6, 6.07) is -0.0159. The van der Waals surface area contributed by atoms with Crippen molar-refractivity contribution in [3.05, 3.63) is 11.7 Å². The number of nitrogens with zero attached hydrogens (tertiary/aromatic N) is 3. The van der Waals surface area contributed by atoms with Gasteiger partial charge in [0.2, 0.25) is 10.0 Å².